The Bertz CT molecular complexity index is 774. The largest absolute Gasteiger partial charge is 0.421 e. The van der Waals surface area contributed by atoms with Gasteiger partial charge in [0.2, 0.25) is 11.9 Å². The number of hydrogen-bond acceptors (Lipinski definition) is 6. The van der Waals surface area contributed by atoms with Crippen molar-refractivity contribution in [2.24, 2.45) is 0 Å². The number of aromatic nitrogens is 5. The van der Waals surface area contributed by atoms with Gasteiger partial charge in [0.05, 0.1) is 0 Å². The molecule has 0 atom stereocenters. The number of nitrogens with zero attached hydrogens (tertiary/aromatic N) is 5. The fourth-order valence-electron chi connectivity index (χ4n) is 1.69. The van der Waals surface area contributed by atoms with Crippen LogP contribution >= 0.6 is 0 Å². The van der Waals surface area contributed by atoms with Crippen molar-refractivity contribution in [2.45, 2.75) is 6.92 Å². The summed E-state index contributed by atoms with van der Waals surface area (Å²) in [7, 11) is 0. The molecule has 1 aromatic carbocycles. The van der Waals surface area contributed by atoms with E-state index in [9.17, 15) is 4.39 Å². The van der Waals surface area contributed by atoms with Crippen molar-refractivity contribution >= 4 is 5.95 Å². The average molecular weight is 286 g/mol. The van der Waals surface area contributed by atoms with E-state index in [1.165, 1.54) is 17.0 Å². The molecule has 3 rings (SSSR count). The smallest absolute Gasteiger partial charge is 0.328 e. The summed E-state index contributed by atoms with van der Waals surface area (Å²) in [4.78, 5) is 15.8. The van der Waals surface area contributed by atoms with E-state index in [1.807, 2.05) is 6.92 Å². The minimum atomic E-state index is -0.510. The first-order valence-corrected chi connectivity index (χ1v) is 6.06. The molecule has 2 heterocycles. The highest BCUT2D eigenvalue weighted by molar-refractivity contribution is 5.33. The van der Waals surface area contributed by atoms with Crippen LogP contribution in [-0.4, -0.2) is 24.5 Å². The summed E-state index contributed by atoms with van der Waals surface area (Å²) in [6.07, 6.45) is 4.72. The number of hydrogen-bond donors (Lipinski definition) is 1. The molecule has 7 nitrogen and oxygen atoms in total. The maximum Gasteiger partial charge on any atom is 0.328 e. The number of nitrogen functional groups attached to an aromatic ring is 1. The Morgan fingerprint density at radius 1 is 1.24 bits per heavy atom. The van der Waals surface area contributed by atoms with Crippen molar-refractivity contribution in [3.63, 3.8) is 0 Å². The molecule has 0 spiro atoms. The van der Waals surface area contributed by atoms with Crippen LogP contribution in [0, 0.1) is 12.7 Å². The van der Waals surface area contributed by atoms with E-state index >= 15 is 0 Å². The Morgan fingerprint density at radius 3 is 2.86 bits per heavy atom. The first kappa shape index (κ1) is 13.0. The zero-order valence-corrected chi connectivity index (χ0v) is 11.1. The molecule has 0 radical (unpaired) electrons. The average Bonchev–Trinajstić information content (AvgIpc) is 2.96. The number of imidazole rings is 1. The van der Waals surface area contributed by atoms with Crippen LogP contribution in [0.4, 0.5) is 10.3 Å². The van der Waals surface area contributed by atoms with Crippen LogP contribution in [0.15, 0.2) is 36.9 Å². The summed E-state index contributed by atoms with van der Waals surface area (Å²) in [5, 5.41) is 0. The van der Waals surface area contributed by atoms with Gasteiger partial charge in [0.25, 0.3) is 0 Å². The van der Waals surface area contributed by atoms with Gasteiger partial charge in [-0.2, -0.15) is 15.0 Å². The second kappa shape index (κ2) is 5.16. The molecule has 106 valence electrons. The second-order valence-electron chi connectivity index (χ2n) is 4.28. The number of halogens is 1. The van der Waals surface area contributed by atoms with Crippen LogP contribution in [0.25, 0.3) is 5.95 Å². The van der Waals surface area contributed by atoms with Crippen LogP contribution in [0.1, 0.15) is 5.56 Å². The van der Waals surface area contributed by atoms with E-state index < -0.39 is 5.82 Å². The van der Waals surface area contributed by atoms with Crippen molar-refractivity contribution < 1.29 is 9.13 Å². The van der Waals surface area contributed by atoms with Crippen molar-refractivity contribution in [2.75, 3.05) is 5.73 Å². The Kier molecular flexibility index (Phi) is 3.19. The molecule has 0 bridgehead atoms. The Morgan fingerprint density at radius 2 is 2.10 bits per heavy atom. The van der Waals surface area contributed by atoms with E-state index in [2.05, 4.69) is 19.9 Å². The summed E-state index contributed by atoms with van der Waals surface area (Å²) in [5.41, 5.74) is 6.47. The van der Waals surface area contributed by atoms with Crippen LogP contribution in [-0.2, 0) is 0 Å². The van der Waals surface area contributed by atoms with Crippen LogP contribution in [0.2, 0.25) is 0 Å². The predicted molar refractivity (Wildman–Crippen MR) is 72.6 cm³/mol. The molecule has 2 aromatic heterocycles. The molecule has 0 saturated carbocycles. The fraction of sp³-hybridized carbons (Fsp3) is 0.0769. The fourth-order valence-corrected chi connectivity index (χ4v) is 1.69. The van der Waals surface area contributed by atoms with Crippen molar-refractivity contribution in [3.05, 3.63) is 48.3 Å². The van der Waals surface area contributed by atoms with Gasteiger partial charge < -0.3 is 10.5 Å². The number of benzene rings is 1. The molecule has 8 heteroatoms. The van der Waals surface area contributed by atoms with Gasteiger partial charge in [0.15, 0.2) is 11.6 Å². The van der Waals surface area contributed by atoms with Gasteiger partial charge in [-0.05, 0) is 24.6 Å². The zero-order valence-electron chi connectivity index (χ0n) is 11.1. The van der Waals surface area contributed by atoms with E-state index in [0.29, 0.717) is 0 Å². The lowest BCUT2D eigenvalue weighted by molar-refractivity contribution is 0.409. The van der Waals surface area contributed by atoms with Crippen LogP contribution in [0.5, 0.6) is 11.8 Å². The second-order valence-corrected chi connectivity index (χ2v) is 4.28. The third-order valence-corrected chi connectivity index (χ3v) is 2.64. The van der Waals surface area contributed by atoms with Crippen molar-refractivity contribution in [3.8, 4) is 17.7 Å². The molecular weight excluding hydrogens is 275 g/mol. The van der Waals surface area contributed by atoms with Crippen LogP contribution < -0.4 is 10.5 Å². The van der Waals surface area contributed by atoms with E-state index in [0.717, 1.165) is 5.56 Å². The highest BCUT2D eigenvalue weighted by Gasteiger charge is 2.11. The number of nitrogens with two attached hydrogens (primary N) is 1. The summed E-state index contributed by atoms with van der Waals surface area (Å²) < 4.78 is 20.6. The quantitative estimate of drug-likeness (QED) is 0.790. The first-order valence-electron chi connectivity index (χ1n) is 6.06. The maximum atomic E-state index is 13.7. The minimum Gasteiger partial charge on any atom is -0.421 e. The van der Waals surface area contributed by atoms with E-state index in [4.69, 9.17) is 10.5 Å². The van der Waals surface area contributed by atoms with Gasteiger partial charge in [0, 0.05) is 12.4 Å². The van der Waals surface area contributed by atoms with Gasteiger partial charge >= 0.3 is 6.01 Å². The lowest BCUT2D eigenvalue weighted by atomic mass is 10.2. The SMILES string of the molecule is Cc1ccc(F)c(Oc2nc(N)nc(-n3ccnc3)n2)c1. The lowest BCUT2D eigenvalue weighted by Crippen LogP contribution is -2.06. The molecule has 0 saturated heterocycles. The topological polar surface area (TPSA) is 91.7 Å². The normalized spacial score (nSPS) is 10.6. The molecule has 3 aromatic rings. The zero-order chi connectivity index (χ0) is 14.8. The summed E-state index contributed by atoms with van der Waals surface area (Å²) in [6.45, 7) is 1.82. The number of anilines is 1. The van der Waals surface area contributed by atoms with Gasteiger partial charge in [-0.25, -0.2) is 9.37 Å². The van der Waals surface area contributed by atoms with Crippen molar-refractivity contribution in [1.82, 2.24) is 24.5 Å². The van der Waals surface area contributed by atoms with E-state index in [1.54, 1.807) is 24.5 Å². The molecule has 0 unspecified atom stereocenters. The maximum absolute atomic E-state index is 13.7. The first-order chi connectivity index (χ1) is 10.1. The molecule has 2 N–H and O–H groups in total. The van der Waals surface area contributed by atoms with Crippen molar-refractivity contribution in [1.29, 1.82) is 0 Å². The number of ether oxygens (including phenoxy) is 1. The molecule has 21 heavy (non-hydrogen) atoms. The van der Waals surface area contributed by atoms with Gasteiger partial charge in [0.1, 0.15) is 6.33 Å². The standard InChI is InChI=1S/C13H11FN6O/c1-8-2-3-9(14)10(6-8)21-13-18-11(15)17-12(19-13)20-5-4-16-7-20/h2-7H,1H3,(H2,15,17,18,19). The third kappa shape index (κ3) is 2.78. The minimum absolute atomic E-state index is 0.0252. The Balaban J connectivity index is 1.97. The third-order valence-electron chi connectivity index (χ3n) is 2.64. The summed E-state index contributed by atoms with van der Waals surface area (Å²) >= 11 is 0. The molecule has 0 fully saturated rings. The number of aryl methyl sites for hydroxylation is 1. The highest BCUT2D eigenvalue weighted by Crippen LogP contribution is 2.23. The molecule has 0 aliphatic heterocycles. The molecule has 0 aliphatic rings. The molecule has 0 amide bonds. The van der Waals surface area contributed by atoms with Crippen LogP contribution in [0.3, 0.4) is 0 Å². The predicted octanol–water partition coefficient (Wildman–Crippen LogP) is 1.88. The van der Waals surface area contributed by atoms with Gasteiger partial charge in [-0.1, -0.05) is 6.07 Å². The number of rotatable bonds is 3. The summed E-state index contributed by atoms with van der Waals surface area (Å²) in [6, 6.07) is 4.41. The van der Waals surface area contributed by atoms with Gasteiger partial charge in [-0.3, -0.25) is 4.57 Å². The lowest BCUT2D eigenvalue weighted by Gasteiger charge is -2.07. The Hall–Kier alpha value is -3.03. The molecule has 0 aliphatic carbocycles. The molecular formula is C13H11FN6O. The highest BCUT2D eigenvalue weighted by atomic mass is 19.1. The van der Waals surface area contributed by atoms with E-state index in [-0.39, 0.29) is 23.7 Å². The Labute approximate surface area is 119 Å². The monoisotopic (exact) mass is 286 g/mol. The van der Waals surface area contributed by atoms with Gasteiger partial charge in [-0.15, -0.1) is 0 Å². The summed E-state index contributed by atoms with van der Waals surface area (Å²) in [5.74, 6) is -0.277.